The molecule has 14 heavy (non-hydrogen) atoms. The Morgan fingerprint density at radius 1 is 0.786 bits per heavy atom. The first-order valence-electron chi connectivity index (χ1n) is 4.88. The molecule has 2 saturated heterocycles. The van der Waals surface area contributed by atoms with Crippen molar-refractivity contribution in [2.24, 2.45) is 0 Å². The summed E-state index contributed by atoms with van der Waals surface area (Å²) in [4.78, 5) is 12.1. The van der Waals surface area contributed by atoms with Gasteiger partial charge in [0.05, 0.1) is 0 Å². The van der Waals surface area contributed by atoms with Crippen molar-refractivity contribution in [1.82, 2.24) is 0 Å². The summed E-state index contributed by atoms with van der Waals surface area (Å²) >= 11 is 7.41. The van der Waals surface area contributed by atoms with Crippen molar-refractivity contribution in [3.63, 3.8) is 0 Å². The normalized spacial score (nSPS) is 26.3. The maximum atomic E-state index is 12.1. The molecule has 0 unspecified atom stereocenters. The SMILES string of the molecule is O=C(C1SCCCS1)C1SCCCS1. The van der Waals surface area contributed by atoms with Crippen LogP contribution < -0.4 is 0 Å². The Hall–Kier alpha value is 1.07. The third-order valence-corrected chi connectivity index (χ3v) is 7.99. The van der Waals surface area contributed by atoms with Crippen molar-refractivity contribution < 1.29 is 4.79 Å². The van der Waals surface area contributed by atoms with Crippen molar-refractivity contribution in [3.8, 4) is 0 Å². The fraction of sp³-hybridized carbons (Fsp3) is 0.889. The van der Waals surface area contributed by atoms with Crippen molar-refractivity contribution >= 4 is 52.8 Å². The maximum absolute atomic E-state index is 12.1. The largest absolute Gasteiger partial charge is 0.295 e. The number of carbonyl (C=O) groups is 1. The molecule has 0 bridgehead atoms. The molecular formula is C9H14OS4. The van der Waals surface area contributed by atoms with Gasteiger partial charge < -0.3 is 0 Å². The van der Waals surface area contributed by atoms with Gasteiger partial charge in [0.15, 0.2) is 5.78 Å². The zero-order valence-electron chi connectivity index (χ0n) is 7.94. The van der Waals surface area contributed by atoms with Gasteiger partial charge in [0.25, 0.3) is 0 Å². The molecular weight excluding hydrogens is 252 g/mol. The summed E-state index contributed by atoms with van der Waals surface area (Å²) in [6.45, 7) is 0. The lowest BCUT2D eigenvalue weighted by Gasteiger charge is -2.26. The van der Waals surface area contributed by atoms with Crippen LogP contribution >= 0.6 is 47.0 Å². The van der Waals surface area contributed by atoms with Crippen LogP contribution in [0, 0.1) is 0 Å². The average molecular weight is 266 g/mol. The Labute approximate surface area is 102 Å². The van der Waals surface area contributed by atoms with Crippen LogP contribution in [0.5, 0.6) is 0 Å². The smallest absolute Gasteiger partial charge is 0.178 e. The monoisotopic (exact) mass is 266 g/mol. The molecule has 0 radical (unpaired) electrons. The first-order chi connectivity index (χ1) is 6.88. The highest BCUT2D eigenvalue weighted by Crippen LogP contribution is 2.38. The molecule has 2 aliphatic rings. The quantitative estimate of drug-likeness (QED) is 0.762. The Morgan fingerprint density at radius 3 is 1.50 bits per heavy atom. The van der Waals surface area contributed by atoms with E-state index in [1.165, 1.54) is 35.9 Å². The lowest BCUT2D eigenvalue weighted by Crippen LogP contribution is -2.28. The lowest BCUT2D eigenvalue weighted by molar-refractivity contribution is -0.115. The number of hydrogen-bond acceptors (Lipinski definition) is 5. The predicted molar refractivity (Wildman–Crippen MR) is 71.6 cm³/mol. The van der Waals surface area contributed by atoms with Gasteiger partial charge in [-0.3, -0.25) is 4.79 Å². The molecule has 2 fully saturated rings. The second-order valence-electron chi connectivity index (χ2n) is 3.26. The fourth-order valence-electron chi connectivity index (χ4n) is 1.42. The van der Waals surface area contributed by atoms with Crippen molar-refractivity contribution in [3.05, 3.63) is 0 Å². The number of Topliss-reactive ketones (excluding diaryl/α,β-unsaturated/α-hetero) is 1. The number of hydrogen-bond donors (Lipinski definition) is 0. The van der Waals surface area contributed by atoms with Crippen LogP contribution in [-0.2, 0) is 4.79 Å². The van der Waals surface area contributed by atoms with Crippen molar-refractivity contribution in [1.29, 1.82) is 0 Å². The van der Waals surface area contributed by atoms with E-state index >= 15 is 0 Å². The van der Waals surface area contributed by atoms with Crippen LogP contribution in [0.3, 0.4) is 0 Å². The fourth-order valence-corrected chi connectivity index (χ4v) is 7.35. The molecule has 0 aromatic rings. The van der Waals surface area contributed by atoms with Gasteiger partial charge in [0, 0.05) is 0 Å². The molecule has 1 nitrogen and oxygen atoms in total. The minimum absolute atomic E-state index is 0.242. The summed E-state index contributed by atoms with van der Waals surface area (Å²) < 4.78 is 0.485. The molecule has 0 amide bonds. The molecule has 0 N–H and O–H groups in total. The van der Waals surface area contributed by atoms with Gasteiger partial charge in [-0.2, -0.15) is 0 Å². The van der Waals surface area contributed by atoms with Gasteiger partial charge in [-0.05, 0) is 35.9 Å². The Kier molecular flexibility index (Phi) is 4.92. The highest BCUT2D eigenvalue weighted by atomic mass is 32.2. The molecule has 2 heterocycles. The predicted octanol–water partition coefficient (Wildman–Crippen LogP) is 2.95. The van der Waals surface area contributed by atoms with Crippen LogP contribution in [0.1, 0.15) is 12.8 Å². The van der Waals surface area contributed by atoms with Crippen molar-refractivity contribution in [2.45, 2.75) is 22.0 Å². The summed E-state index contributed by atoms with van der Waals surface area (Å²) in [5, 5.41) is 0. The first kappa shape index (κ1) is 11.6. The van der Waals surface area contributed by atoms with E-state index in [9.17, 15) is 4.79 Å². The Bertz CT molecular complexity index is 177. The zero-order valence-corrected chi connectivity index (χ0v) is 11.2. The van der Waals surface area contributed by atoms with Crippen LogP contribution in [-0.4, -0.2) is 38.0 Å². The van der Waals surface area contributed by atoms with E-state index in [1.54, 1.807) is 0 Å². The topological polar surface area (TPSA) is 17.1 Å². The highest BCUT2D eigenvalue weighted by molar-refractivity contribution is 8.21. The van der Waals surface area contributed by atoms with Gasteiger partial charge in [0.1, 0.15) is 9.16 Å². The van der Waals surface area contributed by atoms with E-state index in [-0.39, 0.29) is 9.16 Å². The van der Waals surface area contributed by atoms with Gasteiger partial charge in [0.2, 0.25) is 0 Å². The summed E-state index contributed by atoms with van der Waals surface area (Å²) in [5.74, 6) is 5.17. The number of carbonyl (C=O) groups excluding carboxylic acids is 1. The van der Waals surface area contributed by atoms with E-state index < -0.39 is 0 Å². The molecule has 0 atom stereocenters. The molecule has 0 aromatic heterocycles. The molecule has 5 heteroatoms. The second kappa shape index (κ2) is 5.97. The van der Waals surface area contributed by atoms with Crippen molar-refractivity contribution in [2.75, 3.05) is 23.0 Å². The molecule has 2 rings (SSSR count). The zero-order chi connectivity index (χ0) is 9.80. The van der Waals surface area contributed by atoms with E-state index in [4.69, 9.17) is 0 Å². The minimum atomic E-state index is 0.242. The van der Waals surface area contributed by atoms with Gasteiger partial charge in [-0.1, -0.05) is 0 Å². The molecule has 80 valence electrons. The average Bonchev–Trinajstić information content (AvgIpc) is 2.30. The Balaban J connectivity index is 1.85. The van der Waals surface area contributed by atoms with E-state index in [0.29, 0.717) is 5.78 Å². The maximum Gasteiger partial charge on any atom is 0.178 e. The minimum Gasteiger partial charge on any atom is -0.295 e. The van der Waals surface area contributed by atoms with Gasteiger partial charge >= 0.3 is 0 Å². The molecule has 2 aliphatic heterocycles. The van der Waals surface area contributed by atoms with Crippen LogP contribution in [0.2, 0.25) is 0 Å². The van der Waals surface area contributed by atoms with Crippen LogP contribution in [0.25, 0.3) is 0 Å². The number of rotatable bonds is 2. The molecule has 0 saturated carbocycles. The summed E-state index contributed by atoms with van der Waals surface area (Å²) in [6.07, 6.45) is 2.54. The molecule has 0 spiro atoms. The van der Waals surface area contributed by atoms with E-state index in [1.807, 2.05) is 47.0 Å². The second-order valence-corrected chi connectivity index (χ2v) is 8.71. The number of ketones is 1. The van der Waals surface area contributed by atoms with Crippen LogP contribution in [0.4, 0.5) is 0 Å². The van der Waals surface area contributed by atoms with Gasteiger partial charge in [-0.15, -0.1) is 47.0 Å². The number of thioether (sulfide) groups is 4. The lowest BCUT2D eigenvalue weighted by atomic mass is 10.5. The summed E-state index contributed by atoms with van der Waals surface area (Å²) in [6, 6.07) is 0. The Morgan fingerprint density at radius 2 is 1.14 bits per heavy atom. The summed E-state index contributed by atoms with van der Waals surface area (Å²) in [7, 11) is 0. The van der Waals surface area contributed by atoms with E-state index in [2.05, 4.69) is 0 Å². The molecule has 0 aromatic carbocycles. The first-order valence-corrected chi connectivity index (χ1v) is 9.07. The highest BCUT2D eigenvalue weighted by Gasteiger charge is 2.30. The molecule has 0 aliphatic carbocycles. The van der Waals surface area contributed by atoms with Crippen LogP contribution in [0.15, 0.2) is 0 Å². The summed E-state index contributed by atoms with van der Waals surface area (Å²) in [5.41, 5.74) is 0. The van der Waals surface area contributed by atoms with E-state index in [0.717, 1.165) is 0 Å². The third kappa shape index (κ3) is 3.03. The third-order valence-electron chi connectivity index (χ3n) is 2.12. The van der Waals surface area contributed by atoms with Gasteiger partial charge in [-0.25, -0.2) is 0 Å². The standard InChI is InChI=1S/C9H14OS4/c10-7(8-11-3-1-4-12-8)9-13-5-2-6-14-9/h8-9H,1-6H2.